The molecule has 0 bridgehead atoms. The number of para-hydroxylation sites is 2. The molecule has 4 heteroatoms. The van der Waals surface area contributed by atoms with E-state index in [4.69, 9.17) is 4.98 Å². The van der Waals surface area contributed by atoms with E-state index >= 15 is 0 Å². The lowest BCUT2D eigenvalue weighted by molar-refractivity contribution is 0.572. The summed E-state index contributed by atoms with van der Waals surface area (Å²) in [5, 5.41) is 3.37. The van der Waals surface area contributed by atoms with Gasteiger partial charge in [0.2, 0.25) is 5.95 Å². The van der Waals surface area contributed by atoms with E-state index in [0.29, 0.717) is 0 Å². The van der Waals surface area contributed by atoms with Gasteiger partial charge in [0.15, 0.2) is 0 Å². The van der Waals surface area contributed by atoms with Gasteiger partial charge in [0.25, 0.3) is 0 Å². The van der Waals surface area contributed by atoms with Crippen molar-refractivity contribution in [3.63, 3.8) is 0 Å². The summed E-state index contributed by atoms with van der Waals surface area (Å²) in [6.07, 6.45) is 1.93. The van der Waals surface area contributed by atoms with Gasteiger partial charge >= 0.3 is 0 Å². The Bertz CT molecular complexity index is 552. The fraction of sp³-hybridized carbons (Fsp3) is 0.357. The van der Waals surface area contributed by atoms with Crippen LogP contribution in [0.5, 0.6) is 0 Å². The van der Waals surface area contributed by atoms with Crippen LogP contribution in [0.2, 0.25) is 0 Å². The lowest BCUT2D eigenvalue weighted by Gasteiger charge is -2.28. The Hall–Kier alpha value is -1.81. The number of hydrogen-bond acceptors (Lipinski definition) is 3. The molecule has 0 aliphatic carbocycles. The molecule has 1 N–H and O–H groups in total. The van der Waals surface area contributed by atoms with E-state index in [2.05, 4.69) is 39.6 Å². The molecule has 1 aromatic heterocycles. The highest BCUT2D eigenvalue weighted by atomic mass is 15.3. The zero-order valence-corrected chi connectivity index (χ0v) is 10.5. The molecular weight excluding hydrogens is 224 g/mol. The summed E-state index contributed by atoms with van der Waals surface area (Å²) in [5.74, 6) is 1.07. The van der Waals surface area contributed by atoms with Crippen LogP contribution in [0.15, 0.2) is 36.9 Å². The van der Waals surface area contributed by atoms with Crippen molar-refractivity contribution in [3.05, 3.63) is 36.9 Å². The first-order valence-electron chi connectivity index (χ1n) is 6.42. The molecule has 0 spiro atoms. The Kier molecular flexibility index (Phi) is 3.02. The molecule has 4 nitrogen and oxygen atoms in total. The third kappa shape index (κ3) is 1.88. The first-order chi connectivity index (χ1) is 8.90. The predicted octanol–water partition coefficient (Wildman–Crippen LogP) is 1.63. The maximum atomic E-state index is 4.77. The number of allylic oxidation sites excluding steroid dienone is 1. The van der Waals surface area contributed by atoms with Crippen LogP contribution in [0.3, 0.4) is 0 Å². The highest BCUT2D eigenvalue weighted by Gasteiger charge is 2.17. The van der Waals surface area contributed by atoms with Gasteiger partial charge in [-0.25, -0.2) is 4.98 Å². The van der Waals surface area contributed by atoms with Gasteiger partial charge < -0.3 is 14.8 Å². The highest BCUT2D eigenvalue weighted by molar-refractivity contribution is 5.78. The molecule has 94 valence electrons. The number of imidazole rings is 1. The molecule has 2 heterocycles. The van der Waals surface area contributed by atoms with Crippen molar-refractivity contribution in [1.82, 2.24) is 14.9 Å². The van der Waals surface area contributed by atoms with Crippen LogP contribution in [0.4, 0.5) is 5.95 Å². The van der Waals surface area contributed by atoms with E-state index < -0.39 is 0 Å². The fourth-order valence-electron chi connectivity index (χ4n) is 2.48. The molecule has 18 heavy (non-hydrogen) atoms. The van der Waals surface area contributed by atoms with Crippen LogP contribution in [0.1, 0.15) is 0 Å². The number of nitrogens with zero attached hydrogens (tertiary/aromatic N) is 3. The number of fused-ring (bicyclic) bond motifs is 1. The Morgan fingerprint density at radius 3 is 2.83 bits per heavy atom. The number of nitrogens with one attached hydrogen (secondary N) is 1. The van der Waals surface area contributed by atoms with Crippen LogP contribution >= 0.6 is 0 Å². The number of rotatable bonds is 3. The maximum Gasteiger partial charge on any atom is 0.206 e. The van der Waals surface area contributed by atoms with Gasteiger partial charge in [-0.15, -0.1) is 6.58 Å². The van der Waals surface area contributed by atoms with Crippen LogP contribution in [-0.2, 0) is 6.54 Å². The van der Waals surface area contributed by atoms with Crippen molar-refractivity contribution in [3.8, 4) is 0 Å². The van der Waals surface area contributed by atoms with E-state index in [9.17, 15) is 0 Å². The Morgan fingerprint density at radius 1 is 1.28 bits per heavy atom. The zero-order valence-electron chi connectivity index (χ0n) is 10.5. The number of aromatic nitrogens is 2. The van der Waals surface area contributed by atoms with E-state index in [1.54, 1.807) is 0 Å². The summed E-state index contributed by atoms with van der Waals surface area (Å²) in [5.41, 5.74) is 2.25. The normalized spacial score (nSPS) is 16.1. The molecule has 1 fully saturated rings. The molecule has 0 atom stereocenters. The standard InChI is InChI=1S/C14H18N4/c1-2-9-18-13-6-4-3-5-12(13)16-14(18)17-10-7-15-8-11-17/h2-6,15H,1,7-11H2. The minimum absolute atomic E-state index is 0.805. The second kappa shape index (κ2) is 4.82. The van der Waals surface area contributed by atoms with Gasteiger partial charge in [0.1, 0.15) is 0 Å². The van der Waals surface area contributed by atoms with Crippen molar-refractivity contribution in [1.29, 1.82) is 0 Å². The minimum atomic E-state index is 0.805. The predicted molar refractivity (Wildman–Crippen MR) is 75.0 cm³/mol. The van der Waals surface area contributed by atoms with E-state index in [1.807, 2.05) is 12.1 Å². The number of hydrogen-bond donors (Lipinski definition) is 1. The third-order valence-corrected chi connectivity index (χ3v) is 3.35. The highest BCUT2D eigenvalue weighted by Crippen LogP contribution is 2.22. The molecule has 3 rings (SSSR count). The smallest absolute Gasteiger partial charge is 0.206 e. The molecule has 2 aromatic rings. The largest absolute Gasteiger partial charge is 0.340 e. The zero-order chi connectivity index (χ0) is 12.4. The summed E-state index contributed by atoms with van der Waals surface area (Å²) in [6.45, 7) is 8.73. The number of piperazine rings is 1. The first-order valence-corrected chi connectivity index (χ1v) is 6.42. The molecule has 1 aromatic carbocycles. The minimum Gasteiger partial charge on any atom is -0.340 e. The first kappa shape index (κ1) is 11.3. The van der Waals surface area contributed by atoms with Crippen molar-refractivity contribution >= 4 is 17.0 Å². The van der Waals surface area contributed by atoms with Crippen molar-refractivity contribution in [2.45, 2.75) is 6.54 Å². The summed E-state index contributed by atoms with van der Waals surface area (Å²) in [6, 6.07) is 8.29. The summed E-state index contributed by atoms with van der Waals surface area (Å²) < 4.78 is 2.24. The average molecular weight is 242 g/mol. The summed E-state index contributed by atoms with van der Waals surface area (Å²) in [4.78, 5) is 7.12. The molecule has 0 saturated carbocycles. The lowest BCUT2D eigenvalue weighted by Crippen LogP contribution is -2.44. The van der Waals surface area contributed by atoms with Crippen molar-refractivity contribution < 1.29 is 0 Å². The monoisotopic (exact) mass is 242 g/mol. The number of anilines is 1. The van der Waals surface area contributed by atoms with Gasteiger partial charge in [0.05, 0.1) is 11.0 Å². The van der Waals surface area contributed by atoms with Gasteiger partial charge in [0, 0.05) is 32.7 Å². The van der Waals surface area contributed by atoms with Crippen LogP contribution in [0.25, 0.3) is 11.0 Å². The SMILES string of the molecule is C=CCn1c(N2CCNCC2)nc2ccccc21. The third-order valence-electron chi connectivity index (χ3n) is 3.35. The van der Waals surface area contributed by atoms with Crippen LogP contribution < -0.4 is 10.2 Å². The van der Waals surface area contributed by atoms with E-state index in [0.717, 1.165) is 44.2 Å². The quantitative estimate of drug-likeness (QED) is 0.831. The van der Waals surface area contributed by atoms with Gasteiger partial charge in [-0.05, 0) is 12.1 Å². The van der Waals surface area contributed by atoms with E-state index in [-0.39, 0.29) is 0 Å². The second-order valence-corrected chi connectivity index (χ2v) is 4.54. The molecule has 1 saturated heterocycles. The lowest BCUT2D eigenvalue weighted by atomic mass is 10.3. The number of benzene rings is 1. The van der Waals surface area contributed by atoms with Crippen molar-refractivity contribution in [2.75, 3.05) is 31.1 Å². The summed E-state index contributed by atoms with van der Waals surface area (Å²) >= 11 is 0. The topological polar surface area (TPSA) is 33.1 Å². The summed E-state index contributed by atoms with van der Waals surface area (Å²) in [7, 11) is 0. The Labute approximate surface area is 107 Å². The Morgan fingerprint density at radius 2 is 2.06 bits per heavy atom. The molecular formula is C14H18N4. The average Bonchev–Trinajstić information content (AvgIpc) is 2.80. The van der Waals surface area contributed by atoms with Gasteiger partial charge in [-0.3, -0.25) is 0 Å². The van der Waals surface area contributed by atoms with Gasteiger partial charge in [-0.2, -0.15) is 0 Å². The molecule has 1 aliphatic rings. The maximum absolute atomic E-state index is 4.77. The van der Waals surface area contributed by atoms with Crippen LogP contribution in [-0.4, -0.2) is 35.7 Å². The van der Waals surface area contributed by atoms with Gasteiger partial charge in [-0.1, -0.05) is 18.2 Å². The molecule has 0 radical (unpaired) electrons. The molecule has 0 unspecified atom stereocenters. The van der Waals surface area contributed by atoms with Crippen molar-refractivity contribution in [2.24, 2.45) is 0 Å². The fourth-order valence-corrected chi connectivity index (χ4v) is 2.48. The molecule has 1 aliphatic heterocycles. The van der Waals surface area contributed by atoms with Crippen LogP contribution in [0, 0.1) is 0 Å². The second-order valence-electron chi connectivity index (χ2n) is 4.54. The van der Waals surface area contributed by atoms with E-state index in [1.165, 1.54) is 5.52 Å². The molecule has 0 amide bonds. The Balaban J connectivity index is 2.08.